The van der Waals surface area contributed by atoms with E-state index in [1.807, 2.05) is 0 Å². The molecule has 0 aliphatic rings. The standard InChI is InChI=1S/C5H7O.Sn.4H/c1-2-3-4-5-6;;;;;/h2H,1,3-4H2;;;;;. The maximum absolute atomic E-state index is 9.39. The van der Waals surface area contributed by atoms with E-state index >= 15 is 0 Å². The van der Waals surface area contributed by atoms with Crippen molar-refractivity contribution in [2.75, 3.05) is 0 Å². The summed E-state index contributed by atoms with van der Waals surface area (Å²) in [5.41, 5.74) is 0. The molecule has 1 nitrogen and oxygen atoms in total. The Morgan fingerprint density at radius 1 is 1.71 bits per heavy atom. The first-order valence-corrected chi connectivity index (χ1v) is 1.87. The van der Waals surface area contributed by atoms with Crippen LogP contribution in [0.15, 0.2) is 12.7 Å². The van der Waals surface area contributed by atoms with Gasteiger partial charge in [-0.25, -0.2) is 0 Å². The van der Waals surface area contributed by atoms with Crippen LogP contribution in [0.25, 0.3) is 0 Å². The number of allylic oxidation sites excluding steroid dienone is 1. The minimum atomic E-state index is 0. The molecule has 0 N–H and O–H groups in total. The minimum absolute atomic E-state index is 0. The summed E-state index contributed by atoms with van der Waals surface area (Å²) >= 11 is 0. The Kier molecular flexibility index (Phi) is 13.9. The Morgan fingerprint density at radius 2 is 2.29 bits per heavy atom. The molecule has 2 heteroatoms. The molecule has 0 aromatic carbocycles. The van der Waals surface area contributed by atoms with Crippen molar-refractivity contribution in [3.05, 3.63) is 12.7 Å². The van der Waals surface area contributed by atoms with E-state index < -0.39 is 0 Å². The third kappa shape index (κ3) is 10.7. The summed E-state index contributed by atoms with van der Waals surface area (Å²) in [5.74, 6) is 0. The molecule has 0 rings (SSSR count). The molecule has 0 saturated carbocycles. The third-order valence-electron chi connectivity index (χ3n) is 0.451. The number of rotatable bonds is 3. The molecule has 7 heavy (non-hydrogen) atoms. The molecule has 0 unspecified atom stereocenters. The fourth-order valence-electron chi connectivity index (χ4n) is 0.161. The Labute approximate surface area is 60.7 Å². The predicted octanol–water partition coefficient (Wildman–Crippen LogP) is -0.389. The van der Waals surface area contributed by atoms with Gasteiger partial charge in [-0.15, -0.1) is 6.58 Å². The molecule has 0 aromatic heterocycles. The van der Waals surface area contributed by atoms with E-state index in [0.29, 0.717) is 6.42 Å². The Morgan fingerprint density at radius 3 is 2.43 bits per heavy atom. The second-order valence-corrected chi connectivity index (χ2v) is 0.972. The first kappa shape index (κ1) is 10.2. The normalized spacial score (nSPS) is 6.29. The average molecular weight is 206 g/mol. The number of unbranched alkanes of at least 4 members (excludes halogenated alkanes) is 1. The molecule has 0 heterocycles. The van der Waals surface area contributed by atoms with E-state index in [2.05, 4.69) is 6.58 Å². The van der Waals surface area contributed by atoms with E-state index in [-0.39, 0.29) is 23.9 Å². The van der Waals surface area contributed by atoms with Crippen LogP contribution in [0.1, 0.15) is 12.8 Å². The van der Waals surface area contributed by atoms with Gasteiger partial charge in [0, 0.05) is 6.42 Å². The molecule has 0 atom stereocenters. The van der Waals surface area contributed by atoms with Crippen molar-refractivity contribution in [3.8, 4) is 0 Å². The van der Waals surface area contributed by atoms with E-state index in [1.165, 1.54) is 0 Å². The molecule has 0 fully saturated rings. The van der Waals surface area contributed by atoms with Gasteiger partial charge in [0.15, 0.2) is 6.29 Å². The fourth-order valence-corrected chi connectivity index (χ4v) is 0.161. The monoisotopic (exact) mass is 207 g/mol. The molecular formula is C5H11OSn. The van der Waals surface area contributed by atoms with Gasteiger partial charge in [0.2, 0.25) is 0 Å². The molecule has 0 aliphatic carbocycles. The number of hydrogen-bond donors (Lipinski definition) is 0. The van der Waals surface area contributed by atoms with E-state index in [4.69, 9.17) is 0 Å². The van der Waals surface area contributed by atoms with Crippen LogP contribution in [0.4, 0.5) is 0 Å². The van der Waals surface area contributed by atoms with Gasteiger partial charge in [0.05, 0.1) is 0 Å². The van der Waals surface area contributed by atoms with Crippen molar-refractivity contribution in [3.63, 3.8) is 0 Å². The summed E-state index contributed by atoms with van der Waals surface area (Å²) in [6.07, 6.45) is 4.69. The number of hydrogen-bond acceptors (Lipinski definition) is 1. The summed E-state index contributed by atoms with van der Waals surface area (Å²) in [7, 11) is 0. The first-order valence-electron chi connectivity index (χ1n) is 1.87. The fraction of sp³-hybridized carbons (Fsp3) is 0.400. The van der Waals surface area contributed by atoms with Gasteiger partial charge in [-0.3, -0.25) is 4.79 Å². The molecule has 0 spiro atoms. The molecule has 41 valence electrons. The Hall–Kier alpha value is 0.209. The summed E-state index contributed by atoms with van der Waals surface area (Å²) in [6.45, 7) is 3.42. The second-order valence-electron chi connectivity index (χ2n) is 0.972. The molecular weight excluding hydrogens is 195 g/mol. The van der Waals surface area contributed by atoms with Crippen LogP contribution >= 0.6 is 0 Å². The van der Waals surface area contributed by atoms with Crippen LogP contribution in [-0.2, 0) is 4.79 Å². The summed E-state index contributed by atoms with van der Waals surface area (Å²) < 4.78 is 0. The Bertz CT molecular complexity index is 44.0. The van der Waals surface area contributed by atoms with E-state index in [1.54, 1.807) is 12.4 Å². The zero-order valence-corrected chi connectivity index (χ0v) is 3.61. The summed E-state index contributed by atoms with van der Waals surface area (Å²) in [5, 5.41) is 0. The van der Waals surface area contributed by atoms with Crippen LogP contribution < -0.4 is 0 Å². The van der Waals surface area contributed by atoms with Gasteiger partial charge in [-0.05, 0) is 6.42 Å². The molecule has 0 bridgehead atoms. The van der Waals surface area contributed by atoms with Crippen LogP contribution in [-0.4, -0.2) is 30.2 Å². The number of carbonyl (C=O) groups excluding carboxylic acids is 1. The topological polar surface area (TPSA) is 17.1 Å². The summed E-state index contributed by atoms with van der Waals surface area (Å²) in [6, 6.07) is 0. The van der Waals surface area contributed by atoms with Crippen molar-refractivity contribution < 1.29 is 4.79 Å². The third-order valence-corrected chi connectivity index (χ3v) is 0.451. The zero-order valence-electron chi connectivity index (χ0n) is 3.61. The summed E-state index contributed by atoms with van der Waals surface area (Å²) in [4.78, 5) is 9.39. The van der Waals surface area contributed by atoms with Crippen molar-refractivity contribution in [2.24, 2.45) is 0 Å². The van der Waals surface area contributed by atoms with Crippen LogP contribution in [0, 0.1) is 0 Å². The van der Waals surface area contributed by atoms with Crippen LogP contribution in [0.2, 0.25) is 0 Å². The van der Waals surface area contributed by atoms with E-state index in [0.717, 1.165) is 6.42 Å². The molecule has 0 aromatic rings. The Balaban J connectivity index is 0. The van der Waals surface area contributed by atoms with Crippen molar-refractivity contribution in [1.29, 1.82) is 0 Å². The quantitative estimate of drug-likeness (QED) is 0.349. The van der Waals surface area contributed by atoms with Crippen molar-refractivity contribution in [1.82, 2.24) is 0 Å². The van der Waals surface area contributed by atoms with E-state index in [9.17, 15) is 4.79 Å². The van der Waals surface area contributed by atoms with Gasteiger partial charge in [-0.2, -0.15) is 0 Å². The van der Waals surface area contributed by atoms with Gasteiger partial charge in [0.25, 0.3) is 0 Å². The molecule has 0 saturated heterocycles. The van der Waals surface area contributed by atoms with Gasteiger partial charge in [-0.1, -0.05) is 6.08 Å². The average Bonchev–Trinajstić information content (AvgIpc) is 1.61. The van der Waals surface area contributed by atoms with Crippen molar-refractivity contribution in [2.45, 2.75) is 12.8 Å². The van der Waals surface area contributed by atoms with Crippen molar-refractivity contribution >= 4 is 30.2 Å². The molecule has 1 radical (unpaired) electrons. The predicted molar refractivity (Wildman–Crippen MR) is 36.5 cm³/mol. The van der Waals surface area contributed by atoms with Crippen LogP contribution in [0.5, 0.6) is 0 Å². The van der Waals surface area contributed by atoms with Gasteiger partial charge < -0.3 is 0 Å². The van der Waals surface area contributed by atoms with Gasteiger partial charge >= 0.3 is 23.9 Å². The maximum atomic E-state index is 9.39. The second kappa shape index (κ2) is 9.51. The molecule has 0 aliphatic heterocycles. The first-order chi connectivity index (χ1) is 2.91. The molecule has 0 amide bonds. The zero-order chi connectivity index (χ0) is 4.83. The van der Waals surface area contributed by atoms with Crippen LogP contribution in [0.3, 0.4) is 0 Å². The van der Waals surface area contributed by atoms with Gasteiger partial charge in [0.1, 0.15) is 0 Å². The SMILES string of the molecule is C=CCC[C]=O.[SnH4].